The van der Waals surface area contributed by atoms with Crippen molar-refractivity contribution in [3.63, 3.8) is 0 Å². The molecule has 0 spiro atoms. The van der Waals surface area contributed by atoms with E-state index in [1.54, 1.807) is 0 Å². The summed E-state index contributed by atoms with van der Waals surface area (Å²) in [6.45, 7) is 1.02. The highest BCUT2D eigenvalue weighted by atomic mass is 19.1. The van der Waals surface area contributed by atoms with E-state index < -0.39 is 11.6 Å². The number of likely N-dealkylation sites (N-methyl/N-ethyl adjacent to an activating group) is 1. The topological polar surface area (TPSA) is 15.3 Å². The molecule has 0 amide bonds. The lowest BCUT2D eigenvalue weighted by Gasteiger charge is -2.47. The van der Waals surface area contributed by atoms with E-state index >= 15 is 0 Å². The van der Waals surface area contributed by atoms with Gasteiger partial charge in [0.05, 0.1) is 0 Å². The Kier molecular flexibility index (Phi) is 3.97. The Labute approximate surface area is 107 Å². The number of benzene rings is 1. The van der Waals surface area contributed by atoms with Gasteiger partial charge in [0.2, 0.25) is 0 Å². The molecule has 2 nitrogen and oxygen atoms in total. The summed E-state index contributed by atoms with van der Waals surface area (Å²) >= 11 is 0. The number of halogens is 2. The predicted octanol–water partition coefficient (Wildman–Crippen LogP) is 2.54. The van der Waals surface area contributed by atoms with Crippen LogP contribution >= 0.6 is 0 Å². The summed E-state index contributed by atoms with van der Waals surface area (Å²) in [4.78, 5) is 2.21. The van der Waals surface area contributed by atoms with E-state index in [1.165, 1.54) is 24.6 Å². The van der Waals surface area contributed by atoms with Crippen LogP contribution in [0.4, 0.5) is 8.78 Å². The molecule has 4 heteroatoms. The molecule has 0 aliphatic heterocycles. The highest BCUT2D eigenvalue weighted by molar-refractivity contribution is 5.19. The van der Waals surface area contributed by atoms with Crippen LogP contribution in [0.5, 0.6) is 0 Å². The summed E-state index contributed by atoms with van der Waals surface area (Å²) in [5.41, 5.74) is 0.299. The Morgan fingerprint density at radius 3 is 2.28 bits per heavy atom. The zero-order valence-electron chi connectivity index (χ0n) is 11.0. The number of nitrogens with zero attached hydrogens (tertiary/aromatic N) is 1. The van der Waals surface area contributed by atoms with Crippen molar-refractivity contribution >= 4 is 0 Å². The van der Waals surface area contributed by atoms with Crippen LogP contribution in [0.2, 0.25) is 0 Å². The molecule has 0 heterocycles. The lowest BCUT2D eigenvalue weighted by Crippen LogP contribution is -2.56. The van der Waals surface area contributed by atoms with E-state index in [0.717, 1.165) is 19.4 Å². The van der Waals surface area contributed by atoms with Gasteiger partial charge in [-0.05, 0) is 45.5 Å². The van der Waals surface area contributed by atoms with Crippen molar-refractivity contribution < 1.29 is 8.78 Å². The SMILES string of the molecule is CN(C)C1(CNCc2c(F)cccc2F)CCC1. The van der Waals surface area contributed by atoms with Crippen molar-refractivity contribution in [2.24, 2.45) is 0 Å². The summed E-state index contributed by atoms with van der Waals surface area (Å²) in [5.74, 6) is -0.954. The Bertz CT molecular complexity index is 394. The van der Waals surface area contributed by atoms with Gasteiger partial charge in [-0.25, -0.2) is 8.78 Å². The molecule has 0 saturated heterocycles. The van der Waals surface area contributed by atoms with Gasteiger partial charge in [-0.3, -0.25) is 0 Å². The molecule has 0 radical (unpaired) electrons. The van der Waals surface area contributed by atoms with E-state index in [-0.39, 0.29) is 17.6 Å². The fraction of sp³-hybridized carbons (Fsp3) is 0.571. The molecule has 0 atom stereocenters. The van der Waals surface area contributed by atoms with E-state index in [2.05, 4.69) is 24.3 Å². The minimum atomic E-state index is -0.477. The monoisotopic (exact) mass is 254 g/mol. The minimum absolute atomic E-state index is 0.130. The summed E-state index contributed by atoms with van der Waals surface area (Å²) < 4.78 is 26.9. The lowest BCUT2D eigenvalue weighted by molar-refractivity contribution is 0.0596. The van der Waals surface area contributed by atoms with Crippen LogP contribution in [0.15, 0.2) is 18.2 Å². The number of rotatable bonds is 5. The highest BCUT2D eigenvalue weighted by Gasteiger charge is 2.38. The Hall–Kier alpha value is -1.00. The molecular weight excluding hydrogens is 234 g/mol. The van der Waals surface area contributed by atoms with Gasteiger partial charge in [-0.2, -0.15) is 0 Å². The van der Waals surface area contributed by atoms with Gasteiger partial charge in [0, 0.05) is 24.2 Å². The first-order chi connectivity index (χ1) is 8.55. The predicted molar refractivity (Wildman–Crippen MR) is 68.3 cm³/mol. The lowest BCUT2D eigenvalue weighted by atomic mass is 9.75. The molecule has 1 aliphatic rings. The molecule has 1 aliphatic carbocycles. The van der Waals surface area contributed by atoms with Crippen LogP contribution in [0.1, 0.15) is 24.8 Å². The maximum atomic E-state index is 13.4. The average molecular weight is 254 g/mol. The van der Waals surface area contributed by atoms with Gasteiger partial charge >= 0.3 is 0 Å². The van der Waals surface area contributed by atoms with Gasteiger partial charge in [0.1, 0.15) is 11.6 Å². The average Bonchev–Trinajstić information content (AvgIpc) is 2.24. The maximum absolute atomic E-state index is 13.4. The molecule has 0 aromatic heterocycles. The van der Waals surface area contributed by atoms with Crippen LogP contribution in [-0.4, -0.2) is 31.1 Å². The standard InChI is InChI=1S/C14H20F2N2/c1-18(2)14(7-4-8-14)10-17-9-11-12(15)5-3-6-13(11)16/h3,5-6,17H,4,7-10H2,1-2H3. The number of hydrogen-bond donors (Lipinski definition) is 1. The van der Waals surface area contributed by atoms with E-state index in [1.807, 2.05) is 0 Å². The second-order valence-electron chi connectivity index (χ2n) is 5.28. The van der Waals surface area contributed by atoms with Crippen molar-refractivity contribution in [2.45, 2.75) is 31.3 Å². The van der Waals surface area contributed by atoms with Gasteiger partial charge in [0.25, 0.3) is 0 Å². The van der Waals surface area contributed by atoms with E-state index in [0.29, 0.717) is 0 Å². The smallest absolute Gasteiger partial charge is 0.130 e. The summed E-state index contributed by atoms with van der Waals surface area (Å²) in [6.07, 6.45) is 3.52. The van der Waals surface area contributed by atoms with Gasteiger partial charge < -0.3 is 10.2 Å². The Morgan fingerprint density at radius 2 is 1.83 bits per heavy atom. The van der Waals surface area contributed by atoms with E-state index in [4.69, 9.17) is 0 Å². The third-order valence-corrected chi connectivity index (χ3v) is 4.05. The normalized spacial score (nSPS) is 17.8. The number of hydrogen-bond acceptors (Lipinski definition) is 2. The van der Waals surface area contributed by atoms with Crippen molar-refractivity contribution in [3.05, 3.63) is 35.4 Å². The molecular formula is C14H20F2N2. The highest BCUT2D eigenvalue weighted by Crippen LogP contribution is 2.35. The van der Waals surface area contributed by atoms with Crippen molar-refractivity contribution in [1.82, 2.24) is 10.2 Å². The molecule has 1 aromatic carbocycles. The van der Waals surface area contributed by atoms with Crippen LogP contribution in [-0.2, 0) is 6.54 Å². The van der Waals surface area contributed by atoms with Gasteiger partial charge in [0.15, 0.2) is 0 Å². The van der Waals surface area contributed by atoms with Crippen molar-refractivity contribution in [3.8, 4) is 0 Å². The van der Waals surface area contributed by atoms with Crippen LogP contribution in [0.3, 0.4) is 0 Å². The number of nitrogens with one attached hydrogen (secondary N) is 1. The molecule has 1 aromatic rings. The fourth-order valence-electron chi connectivity index (χ4n) is 2.49. The summed E-state index contributed by atoms with van der Waals surface area (Å²) in [7, 11) is 4.12. The van der Waals surface area contributed by atoms with Crippen molar-refractivity contribution in [2.75, 3.05) is 20.6 Å². The largest absolute Gasteiger partial charge is 0.311 e. The third kappa shape index (κ3) is 2.54. The first-order valence-electron chi connectivity index (χ1n) is 6.36. The molecule has 1 saturated carbocycles. The third-order valence-electron chi connectivity index (χ3n) is 4.05. The van der Waals surface area contributed by atoms with E-state index in [9.17, 15) is 8.78 Å². The second kappa shape index (κ2) is 5.33. The maximum Gasteiger partial charge on any atom is 0.130 e. The molecule has 18 heavy (non-hydrogen) atoms. The second-order valence-corrected chi connectivity index (χ2v) is 5.28. The van der Waals surface area contributed by atoms with Crippen LogP contribution in [0.25, 0.3) is 0 Å². The summed E-state index contributed by atoms with van der Waals surface area (Å²) in [6, 6.07) is 3.98. The first kappa shape index (κ1) is 13.4. The van der Waals surface area contributed by atoms with Crippen LogP contribution < -0.4 is 5.32 Å². The van der Waals surface area contributed by atoms with Crippen molar-refractivity contribution in [1.29, 1.82) is 0 Å². The molecule has 100 valence electrons. The quantitative estimate of drug-likeness (QED) is 0.868. The molecule has 0 bridgehead atoms. The summed E-state index contributed by atoms with van der Waals surface area (Å²) in [5, 5.41) is 3.19. The zero-order chi connectivity index (χ0) is 13.2. The molecule has 0 unspecified atom stereocenters. The minimum Gasteiger partial charge on any atom is -0.311 e. The zero-order valence-corrected chi connectivity index (χ0v) is 11.0. The Balaban J connectivity index is 1.92. The Morgan fingerprint density at radius 1 is 1.22 bits per heavy atom. The first-order valence-corrected chi connectivity index (χ1v) is 6.36. The van der Waals surface area contributed by atoms with Crippen LogP contribution in [0, 0.1) is 11.6 Å². The molecule has 1 N–H and O–H groups in total. The van der Waals surface area contributed by atoms with Gasteiger partial charge in [-0.15, -0.1) is 0 Å². The molecule has 2 rings (SSSR count). The fourth-order valence-corrected chi connectivity index (χ4v) is 2.49. The van der Waals surface area contributed by atoms with Gasteiger partial charge in [-0.1, -0.05) is 6.07 Å². The molecule has 1 fully saturated rings.